The molecule has 0 radical (unpaired) electrons. The Morgan fingerprint density at radius 2 is 1.85 bits per heavy atom. The van der Waals surface area contributed by atoms with Crippen LogP contribution in [0, 0.1) is 0 Å². The molecule has 0 spiro atoms. The highest BCUT2D eigenvalue weighted by atomic mass is 16.5. The first-order valence-corrected chi connectivity index (χ1v) is 8.16. The van der Waals surface area contributed by atoms with E-state index in [0.29, 0.717) is 0 Å². The van der Waals surface area contributed by atoms with Crippen molar-refractivity contribution in [2.75, 3.05) is 33.3 Å². The Kier molecular flexibility index (Phi) is 4.58. The van der Waals surface area contributed by atoms with E-state index in [4.69, 9.17) is 4.74 Å². The average molecular weight is 276 g/mol. The van der Waals surface area contributed by atoms with Crippen LogP contribution in [0.1, 0.15) is 31.2 Å². The van der Waals surface area contributed by atoms with E-state index in [1.165, 1.54) is 57.4 Å². The minimum Gasteiger partial charge on any atom is -0.497 e. The van der Waals surface area contributed by atoms with Crippen LogP contribution >= 0.6 is 0 Å². The van der Waals surface area contributed by atoms with Crippen LogP contribution in [0.2, 0.25) is 0 Å². The first-order valence-electron chi connectivity index (χ1n) is 8.16. The van der Waals surface area contributed by atoms with Crippen molar-refractivity contribution in [3.8, 4) is 5.75 Å². The zero-order valence-electron chi connectivity index (χ0n) is 12.7. The summed E-state index contributed by atoms with van der Waals surface area (Å²) in [6.07, 6.45) is 5.88. The lowest BCUT2D eigenvalue weighted by molar-refractivity contribution is -1.03. The van der Waals surface area contributed by atoms with Gasteiger partial charge in [-0.15, -0.1) is 0 Å². The molecule has 2 fully saturated rings. The Morgan fingerprint density at radius 1 is 1.10 bits per heavy atom. The minimum atomic E-state index is 0.980. The highest BCUT2D eigenvalue weighted by Gasteiger charge is 2.31. The van der Waals surface area contributed by atoms with Gasteiger partial charge in [-0.1, -0.05) is 12.1 Å². The number of benzene rings is 1. The summed E-state index contributed by atoms with van der Waals surface area (Å²) in [5.41, 5.74) is 1.41. The monoisotopic (exact) mass is 276 g/mol. The van der Waals surface area contributed by atoms with Gasteiger partial charge in [0.15, 0.2) is 0 Å². The van der Waals surface area contributed by atoms with Gasteiger partial charge >= 0.3 is 0 Å². The maximum atomic E-state index is 5.32. The third-order valence-electron chi connectivity index (χ3n) is 5.12. The molecular weight excluding hydrogens is 248 g/mol. The largest absolute Gasteiger partial charge is 0.497 e. The summed E-state index contributed by atoms with van der Waals surface area (Å²) < 4.78 is 5.32. The number of rotatable bonds is 4. The van der Waals surface area contributed by atoms with Gasteiger partial charge in [-0.05, 0) is 37.8 Å². The maximum absolute atomic E-state index is 5.32. The lowest BCUT2D eigenvalue weighted by Gasteiger charge is -2.33. The van der Waals surface area contributed by atoms with Crippen LogP contribution < -0.4 is 14.5 Å². The van der Waals surface area contributed by atoms with Gasteiger partial charge in [0.1, 0.15) is 38.5 Å². The summed E-state index contributed by atoms with van der Waals surface area (Å²) in [5.74, 6) is 0.983. The smallest absolute Gasteiger partial charge is 0.127 e. The van der Waals surface area contributed by atoms with Crippen LogP contribution in [0.25, 0.3) is 0 Å². The number of nitrogens with one attached hydrogen (secondary N) is 2. The number of methoxy groups -OCH3 is 1. The number of quaternary nitrogens is 2. The summed E-state index contributed by atoms with van der Waals surface area (Å²) >= 11 is 0. The van der Waals surface area contributed by atoms with Gasteiger partial charge in [-0.2, -0.15) is 0 Å². The SMILES string of the molecule is COc1cccc(C[NH+]2CC[NH+](C3CCCC3)CC2)c1. The van der Waals surface area contributed by atoms with Gasteiger partial charge in [0.05, 0.1) is 13.2 Å². The zero-order chi connectivity index (χ0) is 13.8. The van der Waals surface area contributed by atoms with E-state index in [1.807, 2.05) is 11.0 Å². The molecule has 1 aromatic rings. The van der Waals surface area contributed by atoms with Gasteiger partial charge in [0.2, 0.25) is 0 Å². The van der Waals surface area contributed by atoms with Crippen LogP contribution in [-0.2, 0) is 6.54 Å². The van der Waals surface area contributed by atoms with Crippen molar-refractivity contribution in [3.63, 3.8) is 0 Å². The van der Waals surface area contributed by atoms with E-state index in [2.05, 4.69) is 18.2 Å². The summed E-state index contributed by atoms with van der Waals surface area (Å²) in [7, 11) is 1.75. The van der Waals surface area contributed by atoms with Crippen LogP contribution in [0.15, 0.2) is 24.3 Å². The Balaban J connectivity index is 1.50. The summed E-state index contributed by atoms with van der Waals surface area (Å²) in [5, 5.41) is 0. The quantitative estimate of drug-likeness (QED) is 0.787. The highest BCUT2D eigenvalue weighted by molar-refractivity contribution is 5.27. The second-order valence-corrected chi connectivity index (χ2v) is 6.42. The molecule has 1 aliphatic heterocycles. The first kappa shape index (κ1) is 13.9. The van der Waals surface area contributed by atoms with Crippen molar-refractivity contribution >= 4 is 0 Å². The minimum absolute atomic E-state index is 0.980. The van der Waals surface area contributed by atoms with Crippen LogP contribution in [0.3, 0.4) is 0 Å². The number of ether oxygens (including phenoxy) is 1. The molecule has 3 nitrogen and oxygen atoms in total. The predicted octanol–water partition coefficient (Wildman–Crippen LogP) is -0.0788. The molecule has 0 unspecified atom stereocenters. The molecule has 0 atom stereocenters. The molecule has 1 saturated carbocycles. The first-order chi connectivity index (χ1) is 9.85. The van der Waals surface area contributed by atoms with Crippen molar-refractivity contribution in [1.82, 2.24) is 0 Å². The fourth-order valence-corrected chi connectivity index (χ4v) is 3.91. The zero-order valence-corrected chi connectivity index (χ0v) is 12.7. The molecule has 0 amide bonds. The van der Waals surface area contributed by atoms with Crippen molar-refractivity contribution in [2.45, 2.75) is 38.3 Å². The maximum Gasteiger partial charge on any atom is 0.127 e. The van der Waals surface area contributed by atoms with E-state index < -0.39 is 0 Å². The topological polar surface area (TPSA) is 18.1 Å². The molecule has 1 aromatic carbocycles. The van der Waals surface area contributed by atoms with E-state index in [1.54, 1.807) is 12.0 Å². The van der Waals surface area contributed by atoms with Gasteiger partial charge in [-0.25, -0.2) is 0 Å². The second kappa shape index (κ2) is 6.59. The summed E-state index contributed by atoms with van der Waals surface area (Å²) in [4.78, 5) is 3.62. The Hall–Kier alpha value is -1.06. The molecule has 3 rings (SSSR count). The van der Waals surface area contributed by atoms with E-state index >= 15 is 0 Å². The molecule has 2 aliphatic rings. The lowest BCUT2D eigenvalue weighted by Crippen LogP contribution is -3.29. The van der Waals surface area contributed by atoms with Gasteiger partial charge in [-0.3, -0.25) is 0 Å². The molecule has 1 aliphatic carbocycles. The Morgan fingerprint density at radius 3 is 2.55 bits per heavy atom. The number of piperazine rings is 1. The van der Waals surface area contributed by atoms with Crippen molar-refractivity contribution < 1.29 is 14.5 Å². The summed E-state index contributed by atoms with van der Waals surface area (Å²) in [6.45, 7) is 6.52. The summed E-state index contributed by atoms with van der Waals surface area (Å²) in [6, 6.07) is 9.53. The second-order valence-electron chi connectivity index (χ2n) is 6.42. The highest BCUT2D eigenvalue weighted by Crippen LogP contribution is 2.15. The lowest BCUT2D eigenvalue weighted by atomic mass is 10.1. The third-order valence-corrected chi connectivity index (χ3v) is 5.12. The molecule has 0 bridgehead atoms. The molecular formula is C17H28N2O+2. The molecule has 1 heterocycles. The van der Waals surface area contributed by atoms with Crippen LogP contribution in [0.4, 0.5) is 0 Å². The average Bonchev–Trinajstić information content (AvgIpc) is 3.02. The third kappa shape index (κ3) is 3.33. The molecule has 1 saturated heterocycles. The van der Waals surface area contributed by atoms with E-state index in [9.17, 15) is 0 Å². The fourth-order valence-electron chi connectivity index (χ4n) is 3.91. The fraction of sp³-hybridized carbons (Fsp3) is 0.647. The van der Waals surface area contributed by atoms with Crippen molar-refractivity contribution in [1.29, 1.82) is 0 Å². The number of hydrogen-bond acceptors (Lipinski definition) is 1. The van der Waals surface area contributed by atoms with E-state index in [0.717, 1.165) is 18.3 Å². The van der Waals surface area contributed by atoms with Crippen molar-refractivity contribution in [2.24, 2.45) is 0 Å². The van der Waals surface area contributed by atoms with Crippen molar-refractivity contribution in [3.05, 3.63) is 29.8 Å². The molecule has 110 valence electrons. The molecule has 0 aromatic heterocycles. The predicted molar refractivity (Wildman–Crippen MR) is 80.3 cm³/mol. The van der Waals surface area contributed by atoms with Gasteiger partial charge in [0.25, 0.3) is 0 Å². The van der Waals surface area contributed by atoms with Crippen LogP contribution in [-0.4, -0.2) is 39.3 Å². The van der Waals surface area contributed by atoms with Gasteiger partial charge < -0.3 is 14.5 Å². The Bertz CT molecular complexity index is 421. The number of hydrogen-bond donors (Lipinski definition) is 2. The standard InChI is InChI=1S/C17H26N2O/c1-20-17-8-4-5-15(13-17)14-18-9-11-19(12-10-18)16-6-2-3-7-16/h4-5,8,13,16H,2-3,6-7,9-12,14H2,1H3/p+2. The molecule has 20 heavy (non-hydrogen) atoms. The van der Waals surface area contributed by atoms with E-state index in [-0.39, 0.29) is 0 Å². The Labute approximate surface area is 122 Å². The molecule has 3 heteroatoms. The van der Waals surface area contributed by atoms with Crippen LogP contribution in [0.5, 0.6) is 5.75 Å². The molecule has 2 N–H and O–H groups in total. The normalized spacial score (nSPS) is 27.6. The van der Waals surface area contributed by atoms with Gasteiger partial charge in [0, 0.05) is 5.56 Å².